The van der Waals surface area contributed by atoms with Gasteiger partial charge in [-0.15, -0.1) is 0 Å². The number of piperidine rings is 1. The molecule has 2 aromatic rings. The van der Waals surface area contributed by atoms with Crippen LogP contribution in [-0.4, -0.2) is 48.1 Å². The summed E-state index contributed by atoms with van der Waals surface area (Å²) in [5.41, 5.74) is 1.94. The van der Waals surface area contributed by atoms with Crippen molar-refractivity contribution in [3.63, 3.8) is 0 Å². The molecular formula is C19H23N3O3. The molecule has 1 aliphatic rings. The lowest BCUT2D eigenvalue weighted by Crippen LogP contribution is -2.40. The maximum Gasteiger partial charge on any atom is 0.227 e. The number of likely N-dealkylation sites (tertiary alicyclic amines) is 1. The van der Waals surface area contributed by atoms with Crippen LogP contribution in [0.1, 0.15) is 30.0 Å². The van der Waals surface area contributed by atoms with Gasteiger partial charge in [0.2, 0.25) is 5.91 Å². The Balaban J connectivity index is 1.67. The summed E-state index contributed by atoms with van der Waals surface area (Å²) in [5, 5.41) is 0. The average molecular weight is 341 g/mol. The number of hydrogen-bond donors (Lipinski definition) is 0. The third-order valence-electron chi connectivity index (χ3n) is 4.60. The van der Waals surface area contributed by atoms with Crippen LogP contribution in [0.15, 0.2) is 36.8 Å². The number of amides is 1. The van der Waals surface area contributed by atoms with E-state index in [0.717, 1.165) is 30.6 Å². The quantitative estimate of drug-likeness (QED) is 0.836. The van der Waals surface area contributed by atoms with Crippen molar-refractivity contribution in [2.45, 2.75) is 25.2 Å². The second-order valence-corrected chi connectivity index (χ2v) is 6.18. The number of aromatic nitrogens is 2. The van der Waals surface area contributed by atoms with Crippen LogP contribution >= 0.6 is 0 Å². The van der Waals surface area contributed by atoms with Crippen molar-refractivity contribution in [1.82, 2.24) is 14.9 Å². The zero-order valence-corrected chi connectivity index (χ0v) is 14.6. The predicted octanol–water partition coefficient (Wildman–Crippen LogP) is 2.44. The first-order chi connectivity index (χ1) is 12.2. The molecule has 1 amide bonds. The van der Waals surface area contributed by atoms with Crippen LogP contribution in [0.4, 0.5) is 0 Å². The highest BCUT2D eigenvalue weighted by Gasteiger charge is 2.25. The van der Waals surface area contributed by atoms with Gasteiger partial charge in [0, 0.05) is 30.9 Å². The van der Waals surface area contributed by atoms with Crippen molar-refractivity contribution in [2.24, 2.45) is 0 Å². The number of carbonyl (C=O) groups is 1. The molecule has 0 N–H and O–H groups in total. The lowest BCUT2D eigenvalue weighted by atomic mass is 9.94. The van der Waals surface area contributed by atoms with E-state index in [2.05, 4.69) is 9.97 Å². The van der Waals surface area contributed by atoms with Crippen molar-refractivity contribution >= 4 is 5.91 Å². The number of methoxy groups -OCH3 is 2. The van der Waals surface area contributed by atoms with Crippen LogP contribution in [0.5, 0.6) is 11.5 Å². The van der Waals surface area contributed by atoms with Crippen molar-refractivity contribution < 1.29 is 14.3 Å². The molecule has 1 aromatic carbocycles. The summed E-state index contributed by atoms with van der Waals surface area (Å²) < 4.78 is 10.6. The maximum absolute atomic E-state index is 12.7. The molecule has 2 heterocycles. The SMILES string of the molecule is COc1ccc(CC(=O)N2CCCC(c3ccncn3)C2)cc1OC. The second-order valence-electron chi connectivity index (χ2n) is 6.18. The summed E-state index contributed by atoms with van der Waals surface area (Å²) >= 11 is 0. The molecule has 0 bridgehead atoms. The molecule has 1 aromatic heterocycles. The molecule has 1 atom stereocenters. The van der Waals surface area contributed by atoms with Gasteiger partial charge in [0.05, 0.1) is 20.6 Å². The van der Waals surface area contributed by atoms with E-state index in [1.807, 2.05) is 29.2 Å². The number of nitrogens with zero attached hydrogens (tertiary/aromatic N) is 3. The molecule has 1 aliphatic heterocycles. The molecular weight excluding hydrogens is 318 g/mol. The van der Waals surface area contributed by atoms with Gasteiger partial charge in [-0.3, -0.25) is 4.79 Å². The van der Waals surface area contributed by atoms with Crippen molar-refractivity contribution in [3.05, 3.63) is 48.0 Å². The Kier molecular flexibility index (Phi) is 5.48. The molecule has 3 rings (SSSR count). The van der Waals surface area contributed by atoms with E-state index in [0.29, 0.717) is 24.5 Å². The fraction of sp³-hybridized carbons (Fsp3) is 0.421. The predicted molar refractivity (Wildman–Crippen MR) is 93.8 cm³/mol. The minimum absolute atomic E-state index is 0.131. The van der Waals surface area contributed by atoms with E-state index >= 15 is 0 Å². The second kappa shape index (κ2) is 7.96. The van der Waals surface area contributed by atoms with Gasteiger partial charge in [0.15, 0.2) is 11.5 Å². The summed E-state index contributed by atoms with van der Waals surface area (Å²) in [4.78, 5) is 23.0. The summed E-state index contributed by atoms with van der Waals surface area (Å²) in [7, 11) is 3.20. The first-order valence-corrected chi connectivity index (χ1v) is 8.46. The van der Waals surface area contributed by atoms with E-state index in [-0.39, 0.29) is 11.8 Å². The molecule has 0 spiro atoms. The normalized spacial score (nSPS) is 17.2. The standard InChI is InChI=1S/C19H23N3O3/c1-24-17-6-5-14(10-18(17)25-2)11-19(23)22-9-3-4-15(12-22)16-7-8-20-13-21-16/h5-8,10,13,15H,3-4,9,11-12H2,1-2H3. The number of rotatable bonds is 5. The van der Waals surface area contributed by atoms with Crippen molar-refractivity contribution in [3.8, 4) is 11.5 Å². The Labute approximate surface area is 147 Å². The minimum Gasteiger partial charge on any atom is -0.493 e. The molecule has 0 saturated carbocycles. The van der Waals surface area contributed by atoms with Crippen LogP contribution in [0.25, 0.3) is 0 Å². The number of carbonyl (C=O) groups excluding carboxylic acids is 1. The topological polar surface area (TPSA) is 64.5 Å². The Morgan fingerprint density at radius 2 is 2.08 bits per heavy atom. The summed E-state index contributed by atoms with van der Waals surface area (Å²) in [6.07, 6.45) is 5.73. The molecule has 6 heteroatoms. The van der Waals surface area contributed by atoms with E-state index in [4.69, 9.17) is 9.47 Å². The smallest absolute Gasteiger partial charge is 0.227 e. The molecule has 25 heavy (non-hydrogen) atoms. The molecule has 1 saturated heterocycles. The van der Waals surface area contributed by atoms with E-state index in [1.165, 1.54) is 0 Å². The average Bonchev–Trinajstić information content (AvgIpc) is 2.68. The Morgan fingerprint density at radius 1 is 1.24 bits per heavy atom. The van der Waals surface area contributed by atoms with E-state index < -0.39 is 0 Å². The zero-order valence-electron chi connectivity index (χ0n) is 14.6. The minimum atomic E-state index is 0.131. The molecule has 132 valence electrons. The Morgan fingerprint density at radius 3 is 2.80 bits per heavy atom. The molecule has 1 fully saturated rings. The first kappa shape index (κ1) is 17.2. The van der Waals surface area contributed by atoms with Gasteiger partial charge in [-0.2, -0.15) is 0 Å². The highest BCUT2D eigenvalue weighted by molar-refractivity contribution is 5.79. The van der Waals surface area contributed by atoms with Gasteiger partial charge in [-0.1, -0.05) is 6.07 Å². The molecule has 6 nitrogen and oxygen atoms in total. The van der Waals surface area contributed by atoms with E-state index in [1.54, 1.807) is 26.7 Å². The van der Waals surface area contributed by atoms with Gasteiger partial charge < -0.3 is 14.4 Å². The van der Waals surface area contributed by atoms with Gasteiger partial charge in [-0.05, 0) is 36.6 Å². The lowest BCUT2D eigenvalue weighted by molar-refractivity contribution is -0.131. The van der Waals surface area contributed by atoms with E-state index in [9.17, 15) is 4.79 Å². The highest BCUT2D eigenvalue weighted by atomic mass is 16.5. The van der Waals surface area contributed by atoms with Crippen molar-refractivity contribution in [2.75, 3.05) is 27.3 Å². The molecule has 1 unspecified atom stereocenters. The summed E-state index contributed by atoms with van der Waals surface area (Å²) in [5.74, 6) is 1.72. The number of hydrogen-bond acceptors (Lipinski definition) is 5. The lowest BCUT2D eigenvalue weighted by Gasteiger charge is -2.32. The largest absolute Gasteiger partial charge is 0.493 e. The fourth-order valence-electron chi connectivity index (χ4n) is 3.26. The van der Waals surface area contributed by atoms with Crippen LogP contribution in [0.2, 0.25) is 0 Å². The monoisotopic (exact) mass is 341 g/mol. The van der Waals surface area contributed by atoms with Crippen LogP contribution in [0, 0.1) is 0 Å². The fourth-order valence-corrected chi connectivity index (χ4v) is 3.26. The van der Waals surface area contributed by atoms with Gasteiger partial charge in [-0.25, -0.2) is 9.97 Å². The summed E-state index contributed by atoms with van der Waals surface area (Å²) in [6, 6.07) is 7.54. The Hall–Kier alpha value is -2.63. The third kappa shape index (κ3) is 4.07. The maximum atomic E-state index is 12.7. The van der Waals surface area contributed by atoms with Gasteiger partial charge >= 0.3 is 0 Å². The first-order valence-electron chi connectivity index (χ1n) is 8.46. The zero-order chi connectivity index (χ0) is 17.6. The Bertz CT molecular complexity index is 721. The molecule has 0 radical (unpaired) electrons. The van der Waals surface area contributed by atoms with Gasteiger partial charge in [0.25, 0.3) is 0 Å². The molecule has 0 aliphatic carbocycles. The number of benzene rings is 1. The number of ether oxygens (including phenoxy) is 2. The van der Waals surface area contributed by atoms with Gasteiger partial charge in [0.1, 0.15) is 6.33 Å². The van der Waals surface area contributed by atoms with Crippen LogP contribution < -0.4 is 9.47 Å². The summed E-state index contributed by atoms with van der Waals surface area (Å²) in [6.45, 7) is 1.51. The van der Waals surface area contributed by atoms with Crippen molar-refractivity contribution in [1.29, 1.82) is 0 Å². The third-order valence-corrected chi connectivity index (χ3v) is 4.60. The van der Waals surface area contributed by atoms with Crippen LogP contribution in [-0.2, 0) is 11.2 Å². The van der Waals surface area contributed by atoms with Crippen LogP contribution in [0.3, 0.4) is 0 Å². The highest BCUT2D eigenvalue weighted by Crippen LogP contribution is 2.29.